The number of piperidine rings is 1. The zero-order valence-corrected chi connectivity index (χ0v) is 20.2. The van der Waals surface area contributed by atoms with Crippen molar-refractivity contribution in [3.05, 3.63) is 34.6 Å². The van der Waals surface area contributed by atoms with Gasteiger partial charge >= 0.3 is 5.69 Å². The van der Waals surface area contributed by atoms with E-state index in [2.05, 4.69) is 25.1 Å². The molecular formula is C24H35N7O3. The summed E-state index contributed by atoms with van der Waals surface area (Å²) in [7, 11) is 3.35. The van der Waals surface area contributed by atoms with Crippen LogP contribution in [0.2, 0.25) is 0 Å². The lowest BCUT2D eigenvalue weighted by Crippen LogP contribution is -2.55. The first kappa shape index (κ1) is 23.1. The predicted octanol–water partition coefficient (Wildman–Crippen LogP) is 1.95. The van der Waals surface area contributed by atoms with E-state index in [0.717, 1.165) is 82.0 Å². The second kappa shape index (κ2) is 9.89. The molecule has 4 heterocycles. The minimum atomic E-state index is -0.379. The van der Waals surface area contributed by atoms with Crippen LogP contribution in [0.1, 0.15) is 19.3 Å². The Kier molecular flexibility index (Phi) is 6.71. The molecule has 1 N–H and O–H groups in total. The quantitative estimate of drug-likeness (QED) is 0.507. The molecule has 184 valence electrons. The number of anilines is 1. The minimum absolute atomic E-state index is 0.0182. The first-order chi connectivity index (χ1) is 16.5. The molecule has 3 fully saturated rings. The number of hydrogen-bond acceptors (Lipinski definition) is 8. The highest BCUT2D eigenvalue weighted by atomic mass is 16.6. The topological polar surface area (TPSA) is 91.9 Å². The van der Waals surface area contributed by atoms with E-state index in [1.165, 1.54) is 13.5 Å². The monoisotopic (exact) mass is 469 g/mol. The average molecular weight is 470 g/mol. The third kappa shape index (κ3) is 4.62. The number of methoxy groups -OCH3 is 1. The van der Waals surface area contributed by atoms with Crippen molar-refractivity contribution < 1.29 is 9.66 Å². The zero-order valence-electron chi connectivity index (χ0n) is 20.2. The van der Waals surface area contributed by atoms with Crippen LogP contribution in [0.4, 0.5) is 11.4 Å². The van der Waals surface area contributed by atoms with Gasteiger partial charge in [0.2, 0.25) is 0 Å². The Labute approximate surface area is 200 Å². The number of benzene rings is 1. The molecule has 3 saturated heterocycles. The van der Waals surface area contributed by atoms with Crippen molar-refractivity contribution in [2.45, 2.75) is 31.3 Å². The van der Waals surface area contributed by atoms with Crippen LogP contribution < -0.4 is 15.0 Å². The zero-order chi connectivity index (χ0) is 23.7. The first-order valence-corrected chi connectivity index (χ1v) is 12.3. The summed E-state index contributed by atoms with van der Waals surface area (Å²) in [6.45, 7) is 8.75. The fourth-order valence-electron chi connectivity index (χ4n) is 5.81. The molecule has 0 saturated carbocycles. The van der Waals surface area contributed by atoms with E-state index >= 15 is 0 Å². The summed E-state index contributed by atoms with van der Waals surface area (Å²) in [6, 6.07) is 4.78. The van der Waals surface area contributed by atoms with Crippen LogP contribution in [-0.4, -0.2) is 96.1 Å². The SMILES string of the molecule is COc1cc(N2CCC(N3CCN(C4CCNC4)CC3)CC2)c(-c2cnn(C)c2)cc1[N+](=O)[O-]. The van der Waals surface area contributed by atoms with Crippen LogP contribution in [-0.2, 0) is 7.05 Å². The third-order valence-corrected chi connectivity index (χ3v) is 7.73. The van der Waals surface area contributed by atoms with Crippen LogP contribution >= 0.6 is 0 Å². The van der Waals surface area contributed by atoms with Gasteiger partial charge in [-0.2, -0.15) is 5.10 Å². The molecule has 5 rings (SSSR count). The third-order valence-electron chi connectivity index (χ3n) is 7.73. The van der Waals surface area contributed by atoms with Crippen LogP contribution in [0.3, 0.4) is 0 Å². The highest BCUT2D eigenvalue weighted by Gasteiger charge is 2.32. The molecule has 0 amide bonds. The number of aromatic nitrogens is 2. The number of ether oxygens (including phenoxy) is 1. The lowest BCUT2D eigenvalue weighted by atomic mass is 9.98. The number of nitrogens with one attached hydrogen (secondary N) is 1. The molecule has 0 spiro atoms. The van der Waals surface area contributed by atoms with Gasteiger partial charge in [0, 0.05) is 100 Å². The molecular weight excluding hydrogens is 434 g/mol. The van der Waals surface area contributed by atoms with Gasteiger partial charge in [0.05, 0.1) is 18.2 Å². The molecule has 1 aromatic carbocycles. The number of hydrogen-bond donors (Lipinski definition) is 1. The van der Waals surface area contributed by atoms with Crippen LogP contribution in [0, 0.1) is 10.1 Å². The second-order valence-electron chi connectivity index (χ2n) is 9.64. The van der Waals surface area contributed by atoms with Crippen molar-refractivity contribution >= 4 is 11.4 Å². The molecule has 0 radical (unpaired) electrons. The molecule has 2 aromatic rings. The number of piperazine rings is 1. The smallest absolute Gasteiger partial charge is 0.311 e. The molecule has 3 aliphatic heterocycles. The van der Waals surface area contributed by atoms with Gasteiger partial charge in [-0.3, -0.25) is 24.6 Å². The van der Waals surface area contributed by atoms with Gasteiger partial charge in [-0.25, -0.2) is 0 Å². The number of rotatable bonds is 6. The summed E-state index contributed by atoms with van der Waals surface area (Å²) in [5, 5.41) is 19.4. The predicted molar refractivity (Wildman–Crippen MR) is 132 cm³/mol. The van der Waals surface area contributed by atoms with Gasteiger partial charge in [-0.1, -0.05) is 0 Å². The fourth-order valence-corrected chi connectivity index (χ4v) is 5.81. The van der Waals surface area contributed by atoms with Crippen molar-refractivity contribution in [2.24, 2.45) is 7.05 Å². The maximum Gasteiger partial charge on any atom is 0.311 e. The van der Waals surface area contributed by atoms with E-state index < -0.39 is 0 Å². The molecule has 0 bridgehead atoms. The average Bonchev–Trinajstić information content (AvgIpc) is 3.56. The van der Waals surface area contributed by atoms with Crippen LogP contribution in [0.15, 0.2) is 24.5 Å². The molecule has 34 heavy (non-hydrogen) atoms. The number of nitrogens with zero attached hydrogens (tertiary/aromatic N) is 6. The molecule has 1 aromatic heterocycles. The highest BCUT2D eigenvalue weighted by Crippen LogP contribution is 2.41. The molecule has 10 heteroatoms. The highest BCUT2D eigenvalue weighted by molar-refractivity contribution is 5.82. The van der Waals surface area contributed by atoms with E-state index in [1.807, 2.05) is 19.3 Å². The Morgan fingerprint density at radius 1 is 1.06 bits per heavy atom. The van der Waals surface area contributed by atoms with Gasteiger partial charge in [-0.15, -0.1) is 0 Å². The lowest BCUT2D eigenvalue weighted by molar-refractivity contribution is -0.385. The van der Waals surface area contributed by atoms with E-state index in [-0.39, 0.29) is 10.6 Å². The lowest BCUT2D eigenvalue weighted by Gasteiger charge is -2.44. The van der Waals surface area contributed by atoms with Crippen molar-refractivity contribution in [1.29, 1.82) is 0 Å². The standard InChI is InChI=1S/C24H35N7O3/c1-27-17-18(15-26-27)21-13-23(31(32)33)24(34-2)14-22(21)30-7-4-19(5-8-30)28-9-11-29(12-10-28)20-3-6-25-16-20/h13-15,17,19-20,25H,3-12,16H2,1-2H3. The van der Waals surface area contributed by atoms with Gasteiger partial charge in [0.15, 0.2) is 5.75 Å². The van der Waals surface area contributed by atoms with E-state index in [0.29, 0.717) is 17.8 Å². The molecule has 1 atom stereocenters. The minimum Gasteiger partial charge on any atom is -0.490 e. The molecule has 3 aliphatic rings. The maximum absolute atomic E-state index is 11.7. The van der Waals surface area contributed by atoms with Crippen LogP contribution in [0.5, 0.6) is 5.75 Å². The largest absolute Gasteiger partial charge is 0.490 e. The van der Waals surface area contributed by atoms with Crippen molar-refractivity contribution in [3.63, 3.8) is 0 Å². The maximum atomic E-state index is 11.7. The Morgan fingerprint density at radius 2 is 1.76 bits per heavy atom. The van der Waals surface area contributed by atoms with Gasteiger partial charge < -0.3 is 15.0 Å². The van der Waals surface area contributed by atoms with Crippen molar-refractivity contribution in [2.75, 3.05) is 64.4 Å². The number of nitro groups is 1. The summed E-state index contributed by atoms with van der Waals surface area (Å²) < 4.78 is 7.12. The van der Waals surface area contributed by atoms with Gasteiger partial charge in [-0.05, 0) is 25.8 Å². The van der Waals surface area contributed by atoms with E-state index in [4.69, 9.17) is 4.74 Å². The molecule has 10 nitrogen and oxygen atoms in total. The number of aryl methyl sites for hydroxylation is 1. The summed E-state index contributed by atoms with van der Waals surface area (Å²) in [5.41, 5.74) is 2.67. The summed E-state index contributed by atoms with van der Waals surface area (Å²) in [5.74, 6) is 0.298. The summed E-state index contributed by atoms with van der Waals surface area (Å²) in [6.07, 6.45) is 7.13. The Hall–Kier alpha value is -2.69. The molecule has 0 aliphatic carbocycles. The normalized spacial score (nSPS) is 22.9. The van der Waals surface area contributed by atoms with E-state index in [9.17, 15) is 10.1 Å². The summed E-state index contributed by atoms with van der Waals surface area (Å²) in [4.78, 5) is 19.0. The summed E-state index contributed by atoms with van der Waals surface area (Å²) >= 11 is 0. The first-order valence-electron chi connectivity index (χ1n) is 12.3. The number of nitro benzene ring substituents is 1. The Morgan fingerprint density at radius 3 is 2.32 bits per heavy atom. The van der Waals surface area contributed by atoms with Crippen LogP contribution in [0.25, 0.3) is 11.1 Å². The van der Waals surface area contributed by atoms with Crippen molar-refractivity contribution in [3.8, 4) is 16.9 Å². The Balaban J connectivity index is 1.29. The van der Waals surface area contributed by atoms with Gasteiger partial charge in [0.1, 0.15) is 0 Å². The van der Waals surface area contributed by atoms with E-state index in [1.54, 1.807) is 16.9 Å². The fraction of sp³-hybridized carbons (Fsp3) is 0.625. The van der Waals surface area contributed by atoms with Gasteiger partial charge in [0.25, 0.3) is 0 Å². The Bertz CT molecular complexity index is 1000. The molecule has 1 unspecified atom stereocenters. The van der Waals surface area contributed by atoms with Crippen molar-refractivity contribution in [1.82, 2.24) is 24.9 Å². The second-order valence-corrected chi connectivity index (χ2v) is 9.64.